The molecule has 0 bridgehead atoms. The minimum atomic E-state index is -0.375. The number of allylic oxidation sites excluding steroid dienone is 3. The summed E-state index contributed by atoms with van der Waals surface area (Å²) < 4.78 is 13.7. The van der Waals surface area contributed by atoms with Gasteiger partial charge >= 0.3 is 0 Å². The highest BCUT2D eigenvalue weighted by molar-refractivity contribution is 5.55. The Morgan fingerprint density at radius 1 is 1.20 bits per heavy atom. The van der Waals surface area contributed by atoms with Crippen molar-refractivity contribution in [3.63, 3.8) is 0 Å². The zero-order chi connectivity index (χ0) is 24.6. The third-order valence-corrected chi connectivity index (χ3v) is 7.77. The second kappa shape index (κ2) is 9.48. The number of rotatable bonds is 6. The van der Waals surface area contributed by atoms with E-state index in [0.29, 0.717) is 5.70 Å². The summed E-state index contributed by atoms with van der Waals surface area (Å²) in [6.45, 7) is 7.20. The number of hydrogen-bond donors (Lipinski definition) is 3. The lowest BCUT2D eigenvalue weighted by molar-refractivity contribution is 0.0502. The van der Waals surface area contributed by atoms with Crippen LogP contribution in [-0.2, 0) is 6.42 Å². The molecule has 0 aromatic heterocycles. The maximum atomic E-state index is 13.7. The lowest BCUT2D eigenvalue weighted by Gasteiger charge is -2.50. The number of fused-ring (bicyclic) bond motifs is 1. The van der Waals surface area contributed by atoms with Crippen molar-refractivity contribution in [2.75, 3.05) is 11.4 Å². The molecular weight excluding hydrogens is 437 g/mol. The molecule has 5 heteroatoms. The average molecular weight is 472 g/mol. The fraction of sp³-hybridized carbons (Fsp3) is 0.333. The molecular formula is C30H34FN3O. The molecule has 0 saturated carbocycles. The van der Waals surface area contributed by atoms with Gasteiger partial charge in [0.05, 0.1) is 6.04 Å². The summed E-state index contributed by atoms with van der Waals surface area (Å²) in [5, 5.41) is 12.4. The van der Waals surface area contributed by atoms with Gasteiger partial charge in [-0.15, -0.1) is 0 Å². The Balaban J connectivity index is 1.42. The zero-order valence-corrected chi connectivity index (χ0v) is 20.3. The molecule has 2 aromatic rings. The average Bonchev–Trinajstić information content (AvgIpc) is 2.82. The second-order valence-electron chi connectivity index (χ2n) is 10.3. The Bertz CT molecular complexity index is 1180. The van der Waals surface area contributed by atoms with E-state index in [1.165, 1.54) is 11.1 Å². The first-order chi connectivity index (χ1) is 16.8. The topological polar surface area (TPSA) is 61.5 Å². The molecule has 5 rings (SSSR count). The van der Waals surface area contributed by atoms with E-state index in [1.807, 2.05) is 12.1 Å². The van der Waals surface area contributed by atoms with Crippen LogP contribution in [0.4, 0.5) is 10.1 Å². The molecule has 0 amide bonds. The quantitative estimate of drug-likeness (QED) is 0.550. The van der Waals surface area contributed by atoms with Gasteiger partial charge in [0.25, 0.3) is 0 Å². The third-order valence-electron chi connectivity index (χ3n) is 7.77. The summed E-state index contributed by atoms with van der Waals surface area (Å²) in [6, 6.07) is 16.0. The van der Waals surface area contributed by atoms with E-state index in [4.69, 9.17) is 5.73 Å². The van der Waals surface area contributed by atoms with Crippen LogP contribution in [-0.4, -0.2) is 30.0 Å². The Morgan fingerprint density at radius 3 is 2.57 bits per heavy atom. The molecule has 0 radical (unpaired) electrons. The molecule has 2 aliphatic heterocycles. The van der Waals surface area contributed by atoms with Gasteiger partial charge in [0.2, 0.25) is 0 Å². The highest BCUT2D eigenvalue weighted by atomic mass is 19.1. The van der Waals surface area contributed by atoms with Gasteiger partial charge in [-0.25, -0.2) is 4.39 Å². The van der Waals surface area contributed by atoms with Crippen LogP contribution >= 0.6 is 0 Å². The van der Waals surface area contributed by atoms with E-state index in [9.17, 15) is 9.50 Å². The highest BCUT2D eigenvalue weighted by Crippen LogP contribution is 2.48. The van der Waals surface area contributed by atoms with Crippen LogP contribution in [0.5, 0.6) is 0 Å². The molecule has 4 nitrogen and oxygen atoms in total. The smallest absolute Gasteiger partial charge is 0.123 e. The monoisotopic (exact) mass is 471 g/mol. The number of nitrogens with zero attached hydrogens (tertiary/aromatic N) is 1. The number of nitrogens with two attached hydrogens (primary N) is 1. The number of nitrogens with one attached hydrogen (secondary N) is 1. The second-order valence-corrected chi connectivity index (χ2v) is 10.3. The van der Waals surface area contributed by atoms with Crippen molar-refractivity contribution in [3.8, 4) is 0 Å². The summed E-state index contributed by atoms with van der Waals surface area (Å²) in [4.78, 5) is 2.42. The Morgan fingerprint density at radius 2 is 1.91 bits per heavy atom. The van der Waals surface area contributed by atoms with Crippen LogP contribution in [0, 0.1) is 11.2 Å². The molecule has 4 N–H and O–H groups in total. The first-order valence-electron chi connectivity index (χ1n) is 12.4. The molecule has 2 heterocycles. The molecule has 3 aliphatic rings. The number of hydrogen-bond acceptors (Lipinski definition) is 4. The molecule has 35 heavy (non-hydrogen) atoms. The highest BCUT2D eigenvalue weighted by Gasteiger charge is 2.42. The largest absolute Gasteiger partial charge is 0.399 e. The van der Waals surface area contributed by atoms with Gasteiger partial charge < -0.3 is 15.7 Å². The minimum absolute atomic E-state index is 0.0244. The summed E-state index contributed by atoms with van der Waals surface area (Å²) in [5.74, 6) is -0.215. The van der Waals surface area contributed by atoms with E-state index in [-0.39, 0.29) is 29.5 Å². The Hall–Kier alpha value is -3.15. The molecule has 182 valence electrons. The number of halogens is 1. The van der Waals surface area contributed by atoms with E-state index in [2.05, 4.69) is 72.3 Å². The third kappa shape index (κ3) is 4.97. The minimum Gasteiger partial charge on any atom is -0.399 e. The Labute approximate surface area is 207 Å². The lowest BCUT2D eigenvalue weighted by atomic mass is 9.65. The number of aliphatic hydroxyl groups is 1. The normalized spacial score (nSPS) is 28.2. The van der Waals surface area contributed by atoms with Gasteiger partial charge in [0.15, 0.2) is 0 Å². The van der Waals surface area contributed by atoms with Gasteiger partial charge in [-0.1, -0.05) is 62.1 Å². The molecule has 4 atom stereocenters. The van der Waals surface area contributed by atoms with Gasteiger partial charge in [0, 0.05) is 30.4 Å². The van der Waals surface area contributed by atoms with Crippen molar-refractivity contribution < 1.29 is 9.50 Å². The predicted octanol–water partition coefficient (Wildman–Crippen LogP) is 5.08. The van der Waals surface area contributed by atoms with Crippen LogP contribution in [0.1, 0.15) is 37.3 Å². The molecule has 2 aromatic carbocycles. The zero-order valence-electron chi connectivity index (χ0n) is 20.3. The van der Waals surface area contributed by atoms with Crippen molar-refractivity contribution >= 4 is 11.8 Å². The first-order valence-corrected chi connectivity index (χ1v) is 12.4. The fourth-order valence-corrected chi connectivity index (χ4v) is 5.60. The summed E-state index contributed by atoms with van der Waals surface area (Å²) >= 11 is 0. The molecule has 1 aliphatic carbocycles. The molecule has 2 fully saturated rings. The van der Waals surface area contributed by atoms with Crippen LogP contribution in [0.2, 0.25) is 0 Å². The van der Waals surface area contributed by atoms with Gasteiger partial charge in [-0.3, -0.25) is 5.32 Å². The van der Waals surface area contributed by atoms with Crippen LogP contribution in [0.15, 0.2) is 90.2 Å². The van der Waals surface area contributed by atoms with Gasteiger partial charge in [-0.2, -0.15) is 0 Å². The number of benzene rings is 2. The van der Waals surface area contributed by atoms with Gasteiger partial charge in [-0.05, 0) is 71.2 Å². The van der Waals surface area contributed by atoms with Crippen LogP contribution in [0.25, 0.3) is 6.08 Å². The number of anilines is 1. The molecule has 4 unspecified atom stereocenters. The van der Waals surface area contributed by atoms with Crippen molar-refractivity contribution in [2.24, 2.45) is 11.1 Å². The van der Waals surface area contributed by atoms with Crippen molar-refractivity contribution in [3.05, 3.63) is 107 Å². The number of aliphatic hydroxyl groups excluding tert-OH is 1. The van der Waals surface area contributed by atoms with Crippen LogP contribution < -0.4 is 16.0 Å². The van der Waals surface area contributed by atoms with Crippen molar-refractivity contribution in [2.45, 2.75) is 50.9 Å². The maximum Gasteiger partial charge on any atom is 0.123 e. The van der Waals surface area contributed by atoms with Crippen molar-refractivity contribution in [1.29, 1.82) is 0 Å². The predicted molar refractivity (Wildman–Crippen MR) is 141 cm³/mol. The fourth-order valence-electron chi connectivity index (χ4n) is 5.60. The Kier molecular flexibility index (Phi) is 6.39. The van der Waals surface area contributed by atoms with Gasteiger partial charge in [0.1, 0.15) is 12.0 Å². The van der Waals surface area contributed by atoms with E-state index in [1.54, 1.807) is 12.1 Å². The summed E-state index contributed by atoms with van der Waals surface area (Å²) in [6.07, 6.45) is 11.7. The summed E-state index contributed by atoms with van der Waals surface area (Å²) in [7, 11) is 0. The lowest BCUT2D eigenvalue weighted by Crippen LogP contribution is -2.50. The van der Waals surface area contributed by atoms with E-state index in [0.717, 1.165) is 49.1 Å². The SMILES string of the molecule is C=C(N)C1=CC=C2C(Cc3ccc(/C=C/C4CC(O)N4)cc3)N(c3ccc(F)cc3)CCC2(C)C1. The number of piperidine rings is 1. The maximum absolute atomic E-state index is 13.7. The first kappa shape index (κ1) is 23.6. The van der Waals surface area contributed by atoms with Crippen molar-refractivity contribution in [1.82, 2.24) is 5.32 Å². The molecule has 2 saturated heterocycles. The van der Waals surface area contributed by atoms with E-state index < -0.39 is 0 Å². The standard InChI is InChI=1S/C30H34FN3O/c1-20(32)23-8-14-27-28(17-22-5-3-21(4-6-22)7-11-25-18-29(35)33-25)34(16-15-30(27,2)19-23)26-12-9-24(31)10-13-26/h3-14,25,28-29,33,35H,1,15-19,32H2,2H3/b11-7+. The summed E-state index contributed by atoms with van der Waals surface area (Å²) in [5.41, 5.74) is 12.7. The molecule has 0 spiro atoms. The van der Waals surface area contributed by atoms with E-state index >= 15 is 0 Å². The van der Waals surface area contributed by atoms with Crippen LogP contribution in [0.3, 0.4) is 0 Å².